The van der Waals surface area contributed by atoms with Gasteiger partial charge in [0.15, 0.2) is 0 Å². The van der Waals surface area contributed by atoms with Crippen LogP contribution in [-0.4, -0.2) is 9.97 Å². The van der Waals surface area contributed by atoms with Crippen LogP contribution in [0.4, 0.5) is 0 Å². The summed E-state index contributed by atoms with van der Waals surface area (Å²) in [6.45, 7) is 3.86. The van der Waals surface area contributed by atoms with Crippen molar-refractivity contribution in [3.05, 3.63) is 70.3 Å². The average molecular weight is 318 g/mol. The van der Waals surface area contributed by atoms with Crippen LogP contribution in [0.5, 0.6) is 11.6 Å². The predicted octanol–water partition coefficient (Wildman–Crippen LogP) is 4.15. The standard InChI is InChI=1S/C19H14N2O3/c1-11-4-3-5-15-18(11)19(21-10-20-15)23-13-6-7-14-12(2)8-17(22)24-16(14)9-13/h3-10H,1-2H3. The van der Waals surface area contributed by atoms with Crippen molar-refractivity contribution in [2.24, 2.45) is 0 Å². The Labute approximate surface area is 137 Å². The number of aromatic nitrogens is 2. The first-order valence-corrected chi connectivity index (χ1v) is 7.54. The summed E-state index contributed by atoms with van der Waals surface area (Å²) in [4.78, 5) is 20.1. The fourth-order valence-corrected chi connectivity index (χ4v) is 2.80. The minimum Gasteiger partial charge on any atom is -0.438 e. The van der Waals surface area contributed by atoms with Crippen molar-refractivity contribution in [3.63, 3.8) is 0 Å². The Morgan fingerprint density at radius 1 is 1.00 bits per heavy atom. The summed E-state index contributed by atoms with van der Waals surface area (Å²) in [5.74, 6) is 1.03. The average Bonchev–Trinajstić information content (AvgIpc) is 2.54. The summed E-state index contributed by atoms with van der Waals surface area (Å²) in [7, 11) is 0. The number of nitrogens with zero attached hydrogens (tertiary/aromatic N) is 2. The van der Waals surface area contributed by atoms with Gasteiger partial charge >= 0.3 is 5.63 Å². The normalized spacial score (nSPS) is 11.1. The van der Waals surface area contributed by atoms with E-state index in [0.717, 1.165) is 27.4 Å². The summed E-state index contributed by atoms with van der Waals surface area (Å²) in [6, 6.07) is 12.7. The number of fused-ring (bicyclic) bond motifs is 2. The highest BCUT2D eigenvalue weighted by Gasteiger charge is 2.10. The lowest BCUT2D eigenvalue weighted by atomic mass is 10.1. The van der Waals surface area contributed by atoms with Crippen LogP contribution in [-0.2, 0) is 0 Å². The van der Waals surface area contributed by atoms with Gasteiger partial charge in [0.1, 0.15) is 17.7 Å². The minimum atomic E-state index is -0.375. The molecular weight excluding hydrogens is 304 g/mol. The van der Waals surface area contributed by atoms with E-state index in [9.17, 15) is 4.79 Å². The molecule has 0 atom stereocenters. The highest BCUT2D eigenvalue weighted by molar-refractivity contribution is 5.87. The van der Waals surface area contributed by atoms with Crippen LogP contribution in [0, 0.1) is 13.8 Å². The molecule has 0 N–H and O–H groups in total. The molecule has 2 aromatic carbocycles. The predicted molar refractivity (Wildman–Crippen MR) is 91.6 cm³/mol. The third kappa shape index (κ3) is 2.40. The van der Waals surface area contributed by atoms with Crippen LogP contribution >= 0.6 is 0 Å². The number of hydrogen-bond donors (Lipinski definition) is 0. The summed E-state index contributed by atoms with van der Waals surface area (Å²) in [5.41, 5.74) is 2.85. The van der Waals surface area contributed by atoms with Crippen LogP contribution < -0.4 is 10.4 Å². The van der Waals surface area contributed by atoms with Gasteiger partial charge < -0.3 is 9.15 Å². The van der Waals surface area contributed by atoms with E-state index < -0.39 is 0 Å². The topological polar surface area (TPSA) is 65.2 Å². The molecule has 0 unspecified atom stereocenters. The fourth-order valence-electron chi connectivity index (χ4n) is 2.80. The quantitative estimate of drug-likeness (QED) is 0.520. The van der Waals surface area contributed by atoms with Gasteiger partial charge in [-0.1, -0.05) is 12.1 Å². The molecule has 0 aliphatic carbocycles. The third-order valence-electron chi connectivity index (χ3n) is 3.97. The lowest BCUT2D eigenvalue weighted by Crippen LogP contribution is -1.98. The molecule has 5 nitrogen and oxygen atoms in total. The molecular formula is C19H14N2O3. The van der Waals surface area contributed by atoms with Gasteiger partial charge in [-0.15, -0.1) is 0 Å². The zero-order valence-electron chi connectivity index (χ0n) is 13.2. The van der Waals surface area contributed by atoms with Gasteiger partial charge in [-0.25, -0.2) is 14.8 Å². The van der Waals surface area contributed by atoms with Gasteiger partial charge in [-0.3, -0.25) is 0 Å². The highest BCUT2D eigenvalue weighted by Crippen LogP contribution is 2.30. The second kappa shape index (κ2) is 5.45. The molecule has 2 aromatic heterocycles. The number of hydrogen-bond acceptors (Lipinski definition) is 5. The molecule has 0 aliphatic rings. The number of ether oxygens (including phenoxy) is 1. The van der Waals surface area contributed by atoms with Crippen molar-refractivity contribution >= 4 is 21.9 Å². The number of aryl methyl sites for hydroxylation is 2. The Hall–Kier alpha value is -3.21. The Kier molecular flexibility index (Phi) is 3.27. The summed E-state index contributed by atoms with van der Waals surface area (Å²) >= 11 is 0. The van der Waals surface area contributed by atoms with Gasteiger partial charge in [-0.05, 0) is 43.2 Å². The molecule has 0 radical (unpaired) electrons. The van der Waals surface area contributed by atoms with E-state index in [0.29, 0.717) is 17.2 Å². The van der Waals surface area contributed by atoms with E-state index in [1.807, 2.05) is 44.2 Å². The summed E-state index contributed by atoms with van der Waals surface area (Å²) in [6.07, 6.45) is 1.47. The largest absolute Gasteiger partial charge is 0.438 e. The molecule has 0 saturated carbocycles. The van der Waals surface area contributed by atoms with E-state index in [1.54, 1.807) is 6.07 Å². The molecule has 0 aliphatic heterocycles. The van der Waals surface area contributed by atoms with Crippen LogP contribution in [0.3, 0.4) is 0 Å². The monoisotopic (exact) mass is 318 g/mol. The summed E-state index contributed by atoms with van der Waals surface area (Å²) in [5, 5.41) is 1.75. The number of benzene rings is 2. The lowest BCUT2D eigenvalue weighted by molar-refractivity contribution is 0.466. The molecule has 5 heteroatoms. The van der Waals surface area contributed by atoms with E-state index in [-0.39, 0.29) is 5.63 Å². The van der Waals surface area contributed by atoms with Gasteiger partial charge in [-0.2, -0.15) is 0 Å². The molecule has 4 rings (SSSR count). The van der Waals surface area contributed by atoms with Crippen molar-refractivity contribution in [1.82, 2.24) is 9.97 Å². The first-order chi connectivity index (χ1) is 11.6. The second-order valence-electron chi connectivity index (χ2n) is 5.66. The maximum atomic E-state index is 11.6. The smallest absolute Gasteiger partial charge is 0.336 e. The first-order valence-electron chi connectivity index (χ1n) is 7.54. The van der Waals surface area contributed by atoms with E-state index in [1.165, 1.54) is 12.4 Å². The van der Waals surface area contributed by atoms with Crippen LogP contribution in [0.25, 0.3) is 21.9 Å². The molecule has 0 fully saturated rings. The zero-order chi connectivity index (χ0) is 16.7. The maximum absolute atomic E-state index is 11.6. The molecule has 2 heterocycles. The van der Waals surface area contributed by atoms with Crippen LogP contribution in [0.1, 0.15) is 11.1 Å². The Bertz CT molecular complexity index is 1130. The Morgan fingerprint density at radius 2 is 1.88 bits per heavy atom. The Balaban J connectivity index is 1.84. The minimum absolute atomic E-state index is 0.375. The van der Waals surface area contributed by atoms with Crippen molar-refractivity contribution in [3.8, 4) is 11.6 Å². The van der Waals surface area contributed by atoms with Crippen molar-refractivity contribution in [1.29, 1.82) is 0 Å². The highest BCUT2D eigenvalue weighted by atomic mass is 16.5. The van der Waals surface area contributed by atoms with Crippen LogP contribution in [0.15, 0.2) is 58.0 Å². The second-order valence-corrected chi connectivity index (χ2v) is 5.66. The molecule has 0 amide bonds. The van der Waals surface area contributed by atoms with Gasteiger partial charge in [0.2, 0.25) is 5.88 Å². The van der Waals surface area contributed by atoms with E-state index >= 15 is 0 Å². The molecule has 118 valence electrons. The van der Waals surface area contributed by atoms with Crippen LogP contribution in [0.2, 0.25) is 0 Å². The first kappa shape index (κ1) is 14.4. The molecule has 0 saturated heterocycles. The van der Waals surface area contributed by atoms with Crippen molar-refractivity contribution in [2.75, 3.05) is 0 Å². The molecule has 0 spiro atoms. The fraction of sp³-hybridized carbons (Fsp3) is 0.105. The maximum Gasteiger partial charge on any atom is 0.336 e. The molecule has 24 heavy (non-hydrogen) atoms. The molecule has 0 bridgehead atoms. The zero-order valence-corrected chi connectivity index (χ0v) is 13.2. The van der Waals surface area contributed by atoms with E-state index in [2.05, 4.69) is 9.97 Å². The Morgan fingerprint density at radius 3 is 2.75 bits per heavy atom. The van der Waals surface area contributed by atoms with Crippen molar-refractivity contribution < 1.29 is 9.15 Å². The lowest BCUT2D eigenvalue weighted by Gasteiger charge is -2.09. The SMILES string of the molecule is Cc1cc(=O)oc2cc(Oc3ncnc4cccc(C)c34)ccc12. The molecule has 4 aromatic rings. The van der Waals surface area contributed by atoms with Gasteiger partial charge in [0.25, 0.3) is 0 Å². The van der Waals surface area contributed by atoms with Crippen molar-refractivity contribution in [2.45, 2.75) is 13.8 Å². The van der Waals surface area contributed by atoms with Gasteiger partial charge in [0, 0.05) is 17.5 Å². The number of rotatable bonds is 2. The van der Waals surface area contributed by atoms with Gasteiger partial charge in [0.05, 0.1) is 10.9 Å². The summed E-state index contributed by atoms with van der Waals surface area (Å²) < 4.78 is 11.2. The van der Waals surface area contributed by atoms with E-state index in [4.69, 9.17) is 9.15 Å². The third-order valence-corrected chi connectivity index (χ3v) is 3.97.